The molecule has 29 heavy (non-hydrogen) atoms. The number of nitrogens with one attached hydrogen (secondary N) is 2. The molecule has 1 heterocycles. The number of aliphatic imine (C=N–C) groups is 1. The summed E-state index contributed by atoms with van der Waals surface area (Å²) in [6.45, 7) is 3.56. The molecule has 0 radical (unpaired) electrons. The van der Waals surface area contributed by atoms with Crippen LogP contribution in [-0.2, 0) is 0 Å². The molecule has 0 aromatic heterocycles. The van der Waals surface area contributed by atoms with E-state index in [-0.39, 0.29) is 12.6 Å². The minimum absolute atomic E-state index is 0.0984. The topological polar surface area (TPSA) is 84.3 Å². The van der Waals surface area contributed by atoms with Gasteiger partial charge in [0.1, 0.15) is 23.4 Å². The van der Waals surface area contributed by atoms with E-state index in [2.05, 4.69) is 21.7 Å². The Morgan fingerprint density at radius 2 is 2.07 bits per heavy atom. The normalized spacial score (nSPS) is 17.0. The Balaban J connectivity index is 1.75. The van der Waals surface area contributed by atoms with E-state index in [1.54, 1.807) is 32.4 Å². The fourth-order valence-electron chi connectivity index (χ4n) is 3.35. The van der Waals surface area contributed by atoms with Crippen molar-refractivity contribution in [2.45, 2.75) is 25.5 Å². The van der Waals surface area contributed by atoms with Crippen LogP contribution in [0, 0.1) is 0 Å². The molecule has 2 aromatic rings. The van der Waals surface area contributed by atoms with E-state index >= 15 is 0 Å². The lowest BCUT2D eigenvalue weighted by molar-refractivity contribution is 0.182. The summed E-state index contributed by atoms with van der Waals surface area (Å²) in [5.74, 6) is 2.81. The highest BCUT2D eigenvalue weighted by atomic mass is 16.5. The second kappa shape index (κ2) is 10.0. The molecule has 1 aliphatic rings. The molecule has 0 saturated carbocycles. The Hall–Kier alpha value is -2.93. The molecule has 3 N–H and O–H groups in total. The summed E-state index contributed by atoms with van der Waals surface area (Å²) in [6.07, 6.45) is 0.0192. The molecular weight excluding hydrogens is 370 g/mol. The van der Waals surface area contributed by atoms with Crippen molar-refractivity contribution < 1.29 is 19.3 Å². The molecule has 0 fully saturated rings. The summed E-state index contributed by atoms with van der Waals surface area (Å²) >= 11 is 0. The van der Waals surface area contributed by atoms with Gasteiger partial charge in [-0.25, -0.2) is 0 Å². The number of ether oxygens (including phenoxy) is 3. The highest BCUT2D eigenvalue weighted by Crippen LogP contribution is 2.32. The standard InChI is InChI=1S/C22H29N3O4/c1-4-23-22(25-18-11-12-29-21-8-6-5-7-16(18)21)24-14-19(26)17-13-15(27-2)9-10-20(17)28-3/h5-10,13,18-19,26H,4,11-12,14H2,1-3H3,(H2,23,24,25). The maximum atomic E-state index is 10.7. The minimum atomic E-state index is -0.822. The van der Waals surface area contributed by atoms with Gasteiger partial charge in [0.25, 0.3) is 0 Å². The molecule has 2 aromatic carbocycles. The highest BCUT2D eigenvalue weighted by Gasteiger charge is 2.22. The van der Waals surface area contributed by atoms with Crippen molar-refractivity contribution in [1.82, 2.24) is 10.6 Å². The third kappa shape index (κ3) is 5.12. The number of aliphatic hydroxyl groups is 1. The van der Waals surface area contributed by atoms with Crippen LogP contribution in [0.15, 0.2) is 47.5 Å². The fourth-order valence-corrected chi connectivity index (χ4v) is 3.35. The van der Waals surface area contributed by atoms with Crippen LogP contribution in [0.5, 0.6) is 17.2 Å². The van der Waals surface area contributed by atoms with E-state index in [9.17, 15) is 5.11 Å². The lowest BCUT2D eigenvalue weighted by Gasteiger charge is -2.28. The van der Waals surface area contributed by atoms with Gasteiger partial charge in [-0.05, 0) is 31.2 Å². The molecule has 7 heteroatoms. The monoisotopic (exact) mass is 399 g/mol. The molecular formula is C22H29N3O4. The molecule has 156 valence electrons. The molecule has 1 aliphatic heterocycles. The summed E-state index contributed by atoms with van der Waals surface area (Å²) in [5, 5.41) is 17.4. The molecule has 0 saturated heterocycles. The summed E-state index contributed by atoms with van der Waals surface area (Å²) in [4.78, 5) is 4.59. The van der Waals surface area contributed by atoms with Gasteiger partial charge in [0.05, 0.1) is 33.4 Å². The molecule has 2 unspecified atom stereocenters. The van der Waals surface area contributed by atoms with Crippen LogP contribution in [0.1, 0.15) is 36.6 Å². The number of para-hydroxylation sites is 1. The first-order valence-corrected chi connectivity index (χ1v) is 9.82. The third-order valence-corrected chi connectivity index (χ3v) is 4.83. The van der Waals surface area contributed by atoms with Gasteiger partial charge in [0.15, 0.2) is 5.96 Å². The average Bonchev–Trinajstić information content (AvgIpc) is 2.77. The van der Waals surface area contributed by atoms with Crippen LogP contribution >= 0.6 is 0 Å². The average molecular weight is 399 g/mol. The van der Waals surface area contributed by atoms with E-state index < -0.39 is 6.10 Å². The van der Waals surface area contributed by atoms with Crippen LogP contribution < -0.4 is 24.8 Å². The van der Waals surface area contributed by atoms with Gasteiger partial charge in [0.2, 0.25) is 0 Å². The van der Waals surface area contributed by atoms with Gasteiger partial charge in [-0.15, -0.1) is 0 Å². The zero-order valence-electron chi connectivity index (χ0n) is 17.1. The Morgan fingerprint density at radius 1 is 1.24 bits per heavy atom. The number of hydrogen-bond acceptors (Lipinski definition) is 5. The maximum Gasteiger partial charge on any atom is 0.191 e. The summed E-state index contributed by atoms with van der Waals surface area (Å²) in [6, 6.07) is 13.5. The second-order valence-electron chi connectivity index (χ2n) is 6.72. The van der Waals surface area contributed by atoms with E-state index in [1.807, 2.05) is 25.1 Å². The van der Waals surface area contributed by atoms with Gasteiger partial charge in [-0.3, -0.25) is 4.99 Å². The summed E-state index contributed by atoms with van der Waals surface area (Å²) in [7, 11) is 3.17. The number of methoxy groups -OCH3 is 2. The largest absolute Gasteiger partial charge is 0.497 e. The van der Waals surface area contributed by atoms with Crippen LogP contribution in [-0.4, -0.2) is 45.0 Å². The number of guanidine groups is 1. The number of aliphatic hydroxyl groups excluding tert-OH is 1. The summed E-state index contributed by atoms with van der Waals surface area (Å²) < 4.78 is 16.4. The first kappa shape index (κ1) is 20.8. The summed E-state index contributed by atoms with van der Waals surface area (Å²) in [5.41, 5.74) is 1.75. The molecule has 7 nitrogen and oxygen atoms in total. The molecule has 0 amide bonds. The van der Waals surface area contributed by atoms with Gasteiger partial charge in [-0.1, -0.05) is 18.2 Å². The van der Waals surface area contributed by atoms with Gasteiger partial charge >= 0.3 is 0 Å². The predicted octanol–water partition coefficient (Wildman–Crippen LogP) is 2.82. The minimum Gasteiger partial charge on any atom is -0.497 e. The number of fused-ring (bicyclic) bond motifs is 1. The van der Waals surface area contributed by atoms with Crippen LogP contribution in [0.3, 0.4) is 0 Å². The van der Waals surface area contributed by atoms with Gasteiger partial charge < -0.3 is 30.0 Å². The SMILES string of the molecule is CCNC(=NCC(O)c1cc(OC)ccc1OC)NC1CCOc2ccccc21. The van der Waals surface area contributed by atoms with Crippen LogP contribution in [0.4, 0.5) is 0 Å². The lowest BCUT2D eigenvalue weighted by Crippen LogP contribution is -2.41. The molecule has 2 atom stereocenters. The van der Waals surface area contributed by atoms with Gasteiger partial charge in [-0.2, -0.15) is 0 Å². The van der Waals surface area contributed by atoms with Crippen LogP contribution in [0.25, 0.3) is 0 Å². The lowest BCUT2D eigenvalue weighted by atomic mass is 10.0. The number of benzene rings is 2. The number of rotatable bonds is 7. The predicted molar refractivity (Wildman–Crippen MR) is 113 cm³/mol. The highest BCUT2D eigenvalue weighted by molar-refractivity contribution is 5.80. The van der Waals surface area contributed by atoms with Gasteiger partial charge in [0, 0.05) is 24.1 Å². The van der Waals surface area contributed by atoms with Crippen molar-refractivity contribution >= 4 is 5.96 Å². The Bertz CT molecular complexity index is 841. The van der Waals surface area contributed by atoms with Crippen molar-refractivity contribution in [2.75, 3.05) is 33.9 Å². The zero-order valence-corrected chi connectivity index (χ0v) is 17.1. The molecule has 0 aliphatic carbocycles. The Kier molecular flexibility index (Phi) is 7.19. The fraction of sp³-hybridized carbons (Fsp3) is 0.409. The smallest absolute Gasteiger partial charge is 0.191 e. The first-order chi connectivity index (χ1) is 14.2. The first-order valence-electron chi connectivity index (χ1n) is 9.82. The molecule has 3 rings (SSSR count). The quantitative estimate of drug-likeness (QED) is 0.490. The van der Waals surface area contributed by atoms with E-state index in [1.165, 1.54) is 0 Å². The van der Waals surface area contributed by atoms with E-state index in [4.69, 9.17) is 14.2 Å². The Labute approximate surface area is 171 Å². The van der Waals surface area contributed by atoms with Crippen molar-refractivity contribution in [1.29, 1.82) is 0 Å². The second-order valence-corrected chi connectivity index (χ2v) is 6.72. The molecule has 0 bridgehead atoms. The number of hydrogen-bond donors (Lipinski definition) is 3. The van der Waals surface area contributed by atoms with E-state index in [0.717, 1.165) is 24.3 Å². The van der Waals surface area contributed by atoms with Crippen molar-refractivity contribution in [2.24, 2.45) is 4.99 Å². The third-order valence-electron chi connectivity index (χ3n) is 4.83. The zero-order chi connectivity index (χ0) is 20.6. The Morgan fingerprint density at radius 3 is 2.83 bits per heavy atom. The maximum absolute atomic E-state index is 10.7. The van der Waals surface area contributed by atoms with Crippen molar-refractivity contribution in [3.05, 3.63) is 53.6 Å². The van der Waals surface area contributed by atoms with Crippen LogP contribution in [0.2, 0.25) is 0 Å². The number of nitrogens with zero attached hydrogens (tertiary/aromatic N) is 1. The van der Waals surface area contributed by atoms with Crippen molar-refractivity contribution in [3.8, 4) is 17.2 Å². The molecule has 0 spiro atoms. The van der Waals surface area contributed by atoms with E-state index in [0.29, 0.717) is 29.6 Å². The van der Waals surface area contributed by atoms with Crippen molar-refractivity contribution in [3.63, 3.8) is 0 Å².